The molecule has 0 amide bonds. The number of aromatic nitrogens is 1. The summed E-state index contributed by atoms with van der Waals surface area (Å²) in [5.41, 5.74) is -0.329. The zero-order valence-electron chi connectivity index (χ0n) is 6.93. The van der Waals surface area contributed by atoms with Crippen molar-refractivity contribution in [3.63, 3.8) is 0 Å². The van der Waals surface area contributed by atoms with E-state index >= 15 is 0 Å². The van der Waals surface area contributed by atoms with Gasteiger partial charge in [0.05, 0.1) is 5.56 Å². The van der Waals surface area contributed by atoms with E-state index in [0.29, 0.717) is 6.54 Å². The average molecular weight is 179 g/mol. The van der Waals surface area contributed by atoms with Gasteiger partial charge in [0.15, 0.2) is 0 Å². The summed E-state index contributed by atoms with van der Waals surface area (Å²) in [5, 5.41) is 8.56. The van der Waals surface area contributed by atoms with E-state index in [2.05, 4.69) is 6.58 Å². The molecule has 0 aliphatic carbocycles. The molecule has 0 fully saturated rings. The van der Waals surface area contributed by atoms with Crippen LogP contribution in [0.2, 0.25) is 0 Å². The molecule has 1 N–H and O–H groups in total. The molecule has 0 bridgehead atoms. The predicted octanol–water partition coefficient (Wildman–Crippen LogP) is 0.732. The average Bonchev–Trinajstić information content (AvgIpc) is 2.08. The van der Waals surface area contributed by atoms with Crippen molar-refractivity contribution in [2.24, 2.45) is 0 Å². The van der Waals surface area contributed by atoms with Crippen LogP contribution >= 0.6 is 0 Å². The number of allylic oxidation sites excluding steroid dienone is 1. The third-order valence-corrected chi connectivity index (χ3v) is 1.57. The number of rotatable bonds is 3. The van der Waals surface area contributed by atoms with Crippen LogP contribution in [0.1, 0.15) is 10.4 Å². The van der Waals surface area contributed by atoms with Gasteiger partial charge < -0.3 is 9.67 Å². The molecule has 0 aliphatic rings. The van der Waals surface area contributed by atoms with E-state index in [1.54, 1.807) is 6.08 Å². The van der Waals surface area contributed by atoms with Crippen LogP contribution < -0.4 is 5.56 Å². The highest BCUT2D eigenvalue weighted by Crippen LogP contribution is 1.94. The number of hydrogen-bond acceptors (Lipinski definition) is 2. The van der Waals surface area contributed by atoms with Gasteiger partial charge in [0.2, 0.25) is 0 Å². The highest BCUT2D eigenvalue weighted by molar-refractivity contribution is 5.87. The molecule has 4 nitrogen and oxygen atoms in total. The Morgan fingerprint density at radius 3 is 2.85 bits per heavy atom. The van der Waals surface area contributed by atoms with E-state index in [4.69, 9.17) is 5.11 Å². The van der Waals surface area contributed by atoms with Gasteiger partial charge in [-0.25, -0.2) is 4.79 Å². The lowest BCUT2D eigenvalue weighted by Gasteiger charge is -2.00. The van der Waals surface area contributed by atoms with Crippen molar-refractivity contribution in [1.82, 2.24) is 4.57 Å². The lowest BCUT2D eigenvalue weighted by molar-refractivity contribution is 0.0696. The van der Waals surface area contributed by atoms with Crippen molar-refractivity contribution in [1.29, 1.82) is 0 Å². The Balaban J connectivity index is 3.12. The van der Waals surface area contributed by atoms with Crippen LogP contribution in [-0.2, 0) is 6.54 Å². The molecule has 1 rings (SSSR count). The number of carbonyl (C=O) groups is 1. The summed E-state index contributed by atoms with van der Waals surface area (Å²) in [5.74, 6) is -1.09. The summed E-state index contributed by atoms with van der Waals surface area (Å²) in [6.07, 6.45) is 3.01. The number of nitrogens with zero attached hydrogens (tertiary/aromatic N) is 1. The first-order chi connectivity index (χ1) is 6.15. The van der Waals surface area contributed by atoms with Gasteiger partial charge in [0.25, 0.3) is 5.56 Å². The molecule has 0 radical (unpaired) electrons. The summed E-state index contributed by atoms with van der Waals surface area (Å²) in [7, 11) is 0. The Hall–Kier alpha value is -1.84. The molecule has 0 spiro atoms. The van der Waals surface area contributed by atoms with Crippen LogP contribution in [0.25, 0.3) is 0 Å². The molecule has 0 aliphatic heterocycles. The van der Waals surface area contributed by atoms with E-state index in [1.807, 2.05) is 0 Å². The van der Waals surface area contributed by atoms with E-state index < -0.39 is 5.97 Å². The maximum Gasteiger partial charge on any atom is 0.335 e. The summed E-state index contributed by atoms with van der Waals surface area (Å²) in [6.45, 7) is 3.87. The minimum atomic E-state index is -1.09. The second-order valence-corrected chi connectivity index (χ2v) is 2.50. The fraction of sp³-hybridized carbons (Fsp3) is 0.111. The van der Waals surface area contributed by atoms with Gasteiger partial charge in [-0.3, -0.25) is 4.79 Å². The summed E-state index contributed by atoms with van der Waals surface area (Å²) in [4.78, 5) is 21.6. The third-order valence-electron chi connectivity index (χ3n) is 1.57. The van der Waals surface area contributed by atoms with Crippen LogP contribution in [0.3, 0.4) is 0 Å². The Morgan fingerprint density at radius 1 is 1.69 bits per heavy atom. The number of aromatic carboxylic acids is 1. The Kier molecular flexibility index (Phi) is 2.64. The van der Waals surface area contributed by atoms with Crippen molar-refractivity contribution < 1.29 is 9.90 Å². The summed E-state index contributed by atoms with van der Waals surface area (Å²) >= 11 is 0. The zero-order valence-corrected chi connectivity index (χ0v) is 6.93. The first-order valence-corrected chi connectivity index (χ1v) is 3.70. The van der Waals surface area contributed by atoms with Crippen LogP contribution in [0, 0.1) is 0 Å². The molecule has 0 aromatic carbocycles. The van der Waals surface area contributed by atoms with Gasteiger partial charge in [-0.1, -0.05) is 6.08 Å². The molecule has 0 saturated heterocycles. The largest absolute Gasteiger partial charge is 0.478 e. The predicted molar refractivity (Wildman–Crippen MR) is 47.9 cm³/mol. The molecule has 0 atom stereocenters. The minimum Gasteiger partial charge on any atom is -0.478 e. The van der Waals surface area contributed by atoms with Crippen molar-refractivity contribution in [3.05, 3.63) is 46.9 Å². The van der Waals surface area contributed by atoms with Crippen molar-refractivity contribution in [3.8, 4) is 0 Å². The molecule has 1 aromatic rings. The molecule has 1 heterocycles. The molecular formula is C9H9NO3. The SMILES string of the molecule is C=CCn1ccc(C(=O)O)cc1=O. The monoisotopic (exact) mass is 179 g/mol. The lowest BCUT2D eigenvalue weighted by Crippen LogP contribution is -2.19. The van der Waals surface area contributed by atoms with Crippen LogP contribution in [0.4, 0.5) is 0 Å². The highest BCUT2D eigenvalue weighted by Gasteiger charge is 2.03. The smallest absolute Gasteiger partial charge is 0.335 e. The number of pyridine rings is 1. The van der Waals surface area contributed by atoms with Gasteiger partial charge in [-0.15, -0.1) is 6.58 Å². The van der Waals surface area contributed by atoms with E-state index in [0.717, 1.165) is 6.07 Å². The van der Waals surface area contributed by atoms with E-state index in [1.165, 1.54) is 16.8 Å². The molecule has 4 heteroatoms. The lowest BCUT2D eigenvalue weighted by atomic mass is 10.3. The maximum atomic E-state index is 11.2. The van der Waals surface area contributed by atoms with Gasteiger partial charge in [-0.2, -0.15) is 0 Å². The van der Waals surface area contributed by atoms with Crippen LogP contribution in [0.5, 0.6) is 0 Å². The number of carboxylic acids is 1. The first kappa shape index (κ1) is 9.25. The van der Waals surface area contributed by atoms with Crippen molar-refractivity contribution in [2.75, 3.05) is 0 Å². The molecule has 13 heavy (non-hydrogen) atoms. The van der Waals surface area contributed by atoms with E-state index in [9.17, 15) is 9.59 Å². The van der Waals surface area contributed by atoms with Gasteiger partial charge in [-0.05, 0) is 6.07 Å². The van der Waals surface area contributed by atoms with Gasteiger partial charge >= 0.3 is 5.97 Å². The second kappa shape index (κ2) is 3.71. The first-order valence-electron chi connectivity index (χ1n) is 3.70. The molecule has 1 aromatic heterocycles. The van der Waals surface area contributed by atoms with Gasteiger partial charge in [0.1, 0.15) is 0 Å². The number of carboxylic acid groups (broad SMARTS) is 1. The summed E-state index contributed by atoms with van der Waals surface area (Å²) < 4.78 is 1.37. The minimum absolute atomic E-state index is 0.00492. The summed E-state index contributed by atoms with van der Waals surface area (Å²) in [6, 6.07) is 2.47. The molecule has 0 saturated carbocycles. The normalized spacial score (nSPS) is 9.54. The molecular weight excluding hydrogens is 170 g/mol. The van der Waals surface area contributed by atoms with Crippen LogP contribution in [-0.4, -0.2) is 15.6 Å². The van der Waals surface area contributed by atoms with E-state index in [-0.39, 0.29) is 11.1 Å². The molecule has 68 valence electrons. The second-order valence-electron chi connectivity index (χ2n) is 2.50. The topological polar surface area (TPSA) is 59.3 Å². The standard InChI is InChI=1S/C9H9NO3/c1-2-4-10-5-3-7(9(12)13)6-8(10)11/h2-3,5-6H,1,4H2,(H,12,13). The molecule has 0 unspecified atom stereocenters. The maximum absolute atomic E-state index is 11.2. The fourth-order valence-electron chi connectivity index (χ4n) is 0.931. The number of hydrogen-bond donors (Lipinski definition) is 1. The Labute approximate surface area is 74.7 Å². The van der Waals surface area contributed by atoms with Crippen LogP contribution in [0.15, 0.2) is 35.8 Å². The Bertz CT molecular complexity index is 392. The van der Waals surface area contributed by atoms with Gasteiger partial charge in [0, 0.05) is 18.8 Å². The quantitative estimate of drug-likeness (QED) is 0.696. The zero-order chi connectivity index (χ0) is 9.84. The Morgan fingerprint density at radius 2 is 2.38 bits per heavy atom. The van der Waals surface area contributed by atoms with Crippen molar-refractivity contribution in [2.45, 2.75) is 6.54 Å². The van der Waals surface area contributed by atoms with Crippen molar-refractivity contribution >= 4 is 5.97 Å². The fourth-order valence-corrected chi connectivity index (χ4v) is 0.931. The third kappa shape index (κ3) is 2.05. The highest BCUT2D eigenvalue weighted by atomic mass is 16.4.